The van der Waals surface area contributed by atoms with E-state index in [9.17, 15) is 9.59 Å². The second kappa shape index (κ2) is 7.09. The topological polar surface area (TPSA) is 92.4 Å². The van der Waals surface area contributed by atoms with Gasteiger partial charge in [0.2, 0.25) is 5.76 Å². The van der Waals surface area contributed by atoms with Crippen LogP contribution < -0.4 is 5.32 Å². The molecule has 0 bridgehead atoms. The number of carboxylic acid groups (broad SMARTS) is 1. The fourth-order valence-electron chi connectivity index (χ4n) is 2.16. The van der Waals surface area contributed by atoms with Gasteiger partial charge in [0.15, 0.2) is 0 Å². The van der Waals surface area contributed by atoms with Crippen molar-refractivity contribution in [1.29, 1.82) is 0 Å². The van der Waals surface area contributed by atoms with Gasteiger partial charge >= 0.3 is 5.97 Å². The Morgan fingerprint density at radius 2 is 1.91 bits per heavy atom. The van der Waals surface area contributed by atoms with Crippen LogP contribution in [0, 0.1) is 12.8 Å². The van der Waals surface area contributed by atoms with Crippen molar-refractivity contribution in [3.8, 4) is 11.3 Å². The van der Waals surface area contributed by atoms with Crippen molar-refractivity contribution < 1.29 is 19.2 Å². The van der Waals surface area contributed by atoms with Gasteiger partial charge in [0.05, 0.1) is 0 Å². The van der Waals surface area contributed by atoms with Crippen LogP contribution >= 0.6 is 0 Å². The number of aliphatic carboxylic acids is 1. The molecule has 1 atom stereocenters. The van der Waals surface area contributed by atoms with E-state index in [1.165, 1.54) is 6.07 Å². The standard InChI is InChI=1S/C17H20N2O4/c1-10(2)8-14(17(21)22)18-16(20)15-9-13(19-23-15)12-6-4-11(3)5-7-12/h4-7,9-10,14H,8H2,1-3H3,(H,18,20)(H,21,22)/t14-/m1/s1. The molecule has 2 aromatic rings. The lowest BCUT2D eigenvalue weighted by atomic mass is 10.0. The lowest BCUT2D eigenvalue weighted by Gasteiger charge is -2.15. The second-order valence-electron chi connectivity index (χ2n) is 5.94. The van der Waals surface area contributed by atoms with Crippen LogP contribution in [0.2, 0.25) is 0 Å². The minimum absolute atomic E-state index is 0.00409. The fourth-order valence-corrected chi connectivity index (χ4v) is 2.16. The highest BCUT2D eigenvalue weighted by molar-refractivity contribution is 5.95. The van der Waals surface area contributed by atoms with Crippen molar-refractivity contribution in [3.05, 3.63) is 41.7 Å². The third-order valence-corrected chi connectivity index (χ3v) is 3.39. The summed E-state index contributed by atoms with van der Waals surface area (Å²) in [6.45, 7) is 5.77. The number of rotatable bonds is 6. The van der Waals surface area contributed by atoms with E-state index in [0.29, 0.717) is 12.1 Å². The first kappa shape index (κ1) is 16.7. The summed E-state index contributed by atoms with van der Waals surface area (Å²) in [6.07, 6.45) is 0.347. The Labute approximate surface area is 134 Å². The summed E-state index contributed by atoms with van der Waals surface area (Å²) in [5, 5.41) is 15.5. The first-order valence-corrected chi connectivity index (χ1v) is 7.44. The fraction of sp³-hybridized carbons (Fsp3) is 0.353. The number of carbonyl (C=O) groups is 2. The molecule has 6 heteroatoms. The molecule has 0 aliphatic rings. The van der Waals surface area contributed by atoms with Crippen molar-refractivity contribution in [3.63, 3.8) is 0 Å². The third-order valence-electron chi connectivity index (χ3n) is 3.39. The second-order valence-corrected chi connectivity index (χ2v) is 5.94. The van der Waals surface area contributed by atoms with Crippen LogP contribution in [0.1, 0.15) is 36.4 Å². The number of benzene rings is 1. The van der Waals surface area contributed by atoms with Crippen LogP contribution in [0.3, 0.4) is 0 Å². The maximum Gasteiger partial charge on any atom is 0.326 e. The highest BCUT2D eigenvalue weighted by Gasteiger charge is 2.24. The molecule has 23 heavy (non-hydrogen) atoms. The van der Waals surface area contributed by atoms with Crippen molar-refractivity contribution >= 4 is 11.9 Å². The largest absolute Gasteiger partial charge is 0.480 e. The van der Waals surface area contributed by atoms with Gasteiger partial charge in [0.25, 0.3) is 5.91 Å². The van der Waals surface area contributed by atoms with E-state index in [-0.39, 0.29) is 11.7 Å². The molecule has 2 N–H and O–H groups in total. The summed E-state index contributed by atoms with van der Waals surface area (Å²) < 4.78 is 5.04. The van der Waals surface area contributed by atoms with E-state index in [4.69, 9.17) is 9.63 Å². The van der Waals surface area contributed by atoms with E-state index in [1.807, 2.05) is 45.0 Å². The molecule has 0 spiro atoms. The highest BCUT2D eigenvalue weighted by atomic mass is 16.5. The number of aromatic nitrogens is 1. The van der Waals surface area contributed by atoms with Gasteiger partial charge in [0, 0.05) is 11.6 Å². The van der Waals surface area contributed by atoms with Crippen LogP contribution in [0.15, 0.2) is 34.9 Å². The predicted octanol–water partition coefficient (Wildman–Crippen LogP) is 2.88. The van der Waals surface area contributed by atoms with Crippen molar-refractivity contribution in [1.82, 2.24) is 10.5 Å². The molecule has 0 radical (unpaired) electrons. The van der Waals surface area contributed by atoms with Crippen molar-refractivity contribution in [2.45, 2.75) is 33.2 Å². The van der Waals surface area contributed by atoms with Gasteiger partial charge in [-0.15, -0.1) is 0 Å². The zero-order valence-electron chi connectivity index (χ0n) is 13.4. The summed E-state index contributed by atoms with van der Waals surface area (Å²) in [5.74, 6) is -1.50. The smallest absolute Gasteiger partial charge is 0.326 e. The number of hydrogen-bond donors (Lipinski definition) is 2. The monoisotopic (exact) mass is 316 g/mol. The summed E-state index contributed by atoms with van der Waals surface area (Å²) in [5.41, 5.74) is 2.48. The molecule has 1 heterocycles. The Bertz CT molecular complexity index is 689. The summed E-state index contributed by atoms with van der Waals surface area (Å²) >= 11 is 0. The molecule has 1 amide bonds. The first-order chi connectivity index (χ1) is 10.9. The Morgan fingerprint density at radius 3 is 2.48 bits per heavy atom. The zero-order chi connectivity index (χ0) is 17.0. The number of hydrogen-bond acceptors (Lipinski definition) is 4. The molecule has 0 unspecified atom stereocenters. The minimum atomic E-state index is -1.06. The highest BCUT2D eigenvalue weighted by Crippen LogP contribution is 2.19. The third kappa shape index (κ3) is 4.42. The summed E-state index contributed by atoms with van der Waals surface area (Å²) in [7, 11) is 0. The molecular formula is C17H20N2O4. The Balaban J connectivity index is 2.11. The number of nitrogens with one attached hydrogen (secondary N) is 1. The SMILES string of the molecule is Cc1ccc(-c2cc(C(=O)N[C@H](CC(C)C)C(=O)O)on2)cc1. The lowest BCUT2D eigenvalue weighted by Crippen LogP contribution is -2.41. The summed E-state index contributed by atoms with van der Waals surface area (Å²) in [4.78, 5) is 23.3. The normalized spacial score (nSPS) is 12.2. The van der Waals surface area contributed by atoms with Crippen LogP contribution in [-0.2, 0) is 4.79 Å². The van der Waals surface area contributed by atoms with Gasteiger partial charge in [-0.1, -0.05) is 48.8 Å². The number of carbonyl (C=O) groups excluding carboxylic acids is 1. The Hall–Kier alpha value is -2.63. The zero-order valence-corrected chi connectivity index (χ0v) is 13.4. The molecule has 1 aromatic carbocycles. The van der Waals surface area contributed by atoms with Gasteiger partial charge in [-0.2, -0.15) is 0 Å². The first-order valence-electron chi connectivity index (χ1n) is 7.44. The maximum absolute atomic E-state index is 12.1. The van der Waals surface area contributed by atoms with E-state index in [0.717, 1.165) is 11.1 Å². The molecule has 1 aromatic heterocycles. The minimum Gasteiger partial charge on any atom is -0.480 e. The number of amides is 1. The molecule has 2 rings (SSSR count). The van der Waals surface area contributed by atoms with E-state index >= 15 is 0 Å². The molecule has 0 aliphatic heterocycles. The molecule has 122 valence electrons. The lowest BCUT2D eigenvalue weighted by molar-refractivity contribution is -0.139. The van der Waals surface area contributed by atoms with Gasteiger partial charge in [-0.05, 0) is 19.3 Å². The maximum atomic E-state index is 12.1. The van der Waals surface area contributed by atoms with E-state index in [2.05, 4.69) is 10.5 Å². The van der Waals surface area contributed by atoms with Crippen LogP contribution in [0.25, 0.3) is 11.3 Å². The molecule has 0 saturated heterocycles. The average molecular weight is 316 g/mol. The molecule has 0 saturated carbocycles. The van der Waals surface area contributed by atoms with Gasteiger partial charge in [0.1, 0.15) is 11.7 Å². The number of aryl methyl sites for hydroxylation is 1. The van der Waals surface area contributed by atoms with Crippen LogP contribution in [-0.4, -0.2) is 28.2 Å². The predicted molar refractivity (Wildman–Crippen MR) is 85.0 cm³/mol. The van der Waals surface area contributed by atoms with Crippen LogP contribution in [0.4, 0.5) is 0 Å². The molecule has 6 nitrogen and oxygen atoms in total. The van der Waals surface area contributed by atoms with Crippen LogP contribution in [0.5, 0.6) is 0 Å². The van der Waals surface area contributed by atoms with Gasteiger partial charge in [-0.25, -0.2) is 4.79 Å². The average Bonchev–Trinajstić information content (AvgIpc) is 2.96. The quantitative estimate of drug-likeness (QED) is 0.855. The Kier molecular flexibility index (Phi) is 5.16. The molecular weight excluding hydrogens is 296 g/mol. The van der Waals surface area contributed by atoms with Gasteiger partial charge in [-0.3, -0.25) is 4.79 Å². The van der Waals surface area contributed by atoms with E-state index in [1.54, 1.807) is 0 Å². The summed E-state index contributed by atoms with van der Waals surface area (Å²) in [6, 6.07) is 8.20. The van der Waals surface area contributed by atoms with Gasteiger partial charge < -0.3 is 14.9 Å². The molecule has 0 aliphatic carbocycles. The number of nitrogens with zero attached hydrogens (tertiary/aromatic N) is 1. The van der Waals surface area contributed by atoms with Crippen molar-refractivity contribution in [2.24, 2.45) is 5.92 Å². The van der Waals surface area contributed by atoms with E-state index < -0.39 is 17.9 Å². The molecule has 0 fully saturated rings. The number of carboxylic acids is 1. The van der Waals surface area contributed by atoms with Crippen molar-refractivity contribution in [2.75, 3.05) is 0 Å². The Morgan fingerprint density at radius 1 is 1.26 bits per heavy atom.